The highest BCUT2D eigenvalue weighted by atomic mass is 35.5. The molecular formula is C19H11ClO4. The van der Waals surface area contributed by atoms with Crippen molar-refractivity contribution in [1.82, 2.24) is 0 Å². The Balaban J connectivity index is 1.93. The fraction of sp³-hybridized carbons (Fsp3) is 0.105. The molecule has 0 atom stereocenters. The van der Waals surface area contributed by atoms with Gasteiger partial charge in [-0.05, 0) is 35.2 Å². The lowest BCUT2D eigenvalue weighted by Crippen LogP contribution is -1.97. The van der Waals surface area contributed by atoms with Gasteiger partial charge < -0.3 is 14.2 Å². The molecule has 0 amide bonds. The molecule has 5 rings (SSSR count). The molecule has 0 unspecified atom stereocenters. The summed E-state index contributed by atoms with van der Waals surface area (Å²) in [6.07, 6.45) is 0. The average Bonchev–Trinajstić information content (AvgIpc) is 3.21. The normalized spacial score (nSPS) is 14.8. The van der Waals surface area contributed by atoms with Crippen LogP contribution >= 0.6 is 11.6 Å². The molecule has 5 heteroatoms. The van der Waals surface area contributed by atoms with Crippen molar-refractivity contribution in [3.63, 3.8) is 0 Å². The molecule has 4 nitrogen and oxygen atoms in total. The van der Waals surface area contributed by atoms with E-state index in [-0.39, 0.29) is 19.4 Å². The van der Waals surface area contributed by atoms with Gasteiger partial charge in [-0.25, -0.2) is 4.79 Å². The van der Waals surface area contributed by atoms with Crippen LogP contribution in [0.25, 0.3) is 21.9 Å². The van der Waals surface area contributed by atoms with Gasteiger partial charge in [-0.1, -0.05) is 29.8 Å². The monoisotopic (exact) mass is 338 g/mol. The van der Waals surface area contributed by atoms with Crippen LogP contribution in [0.1, 0.15) is 15.9 Å². The van der Waals surface area contributed by atoms with Crippen LogP contribution in [0.5, 0.6) is 11.5 Å². The van der Waals surface area contributed by atoms with E-state index in [2.05, 4.69) is 0 Å². The van der Waals surface area contributed by atoms with E-state index in [0.717, 1.165) is 27.5 Å². The predicted octanol–water partition coefficient (Wildman–Crippen LogP) is 4.56. The maximum absolute atomic E-state index is 12.1. The summed E-state index contributed by atoms with van der Waals surface area (Å²) < 4.78 is 16.5. The SMILES string of the molecule is O=C1OCc2c1cc1ccc3c(c1c2-c1ccc(Cl)cc1)OCO3. The summed E-state index contributed by atoms with van der Waals surface area (Å²) in [5, 5.41) is 2.51. The summed E-state index contributed by atoms with van der Waals surface area (Å²) in [7, 11) is 0. The van der Waals surface area contributed by atoms with Crippen LogP contribution in [0, 0.1) is 0 Å². The van der Waals surface area contributed by atoms with E-state index >= 15 is 0 Å². The molecule has 118 valence electrons. The molecule has 0 bridgehead atoms. The summed E-state index contributed by atoms with van der Waals surface area (Å²) in [6, 6.07) is 13.2. The zero-order valence-electron chi connectivity index (χ0n) is 12.5. The molecule has 2 aliphatic heterocycles. The van der Waals surface area contributed by atoms with Crippen molar-refractivity contribution in [3.8, 4) is 22.6 Å². The number of hydrogen-bond acceptors (Lipinski definition) is 4. The second-order valence-corrected chi connectivity index (χ2v) is 6.19. The molecule has 2 aliphatic rings. The number of carbonyl (C=O) groups is 1. The third kappa shape index (κ3) is 1.83. The number of rotatable bonds is 1. The predicted molar refractivity (Wildman–Crippen MR) is 89.6 cm³/mol. The molecule has 0 aromatic heterocycles. The number of benzene rings is 3. The third-order valence-corrected chi connectivity index (χ3v) is 4.70. The Morgan fingerprint density at radius 3 is 2.62 bits per heavy atom. The lowest BCUT2D eigenvalue weighted by atomic mass is 9.90. The van der Waals surface area contributed by atoms with Crippen LogP contribution in [0.2, 0.25) is 5.02 Å². The van der Waals surface area contributed by atoms with Gasteiger partial charge in [0.05, 0.1) is 5.56 Å². The second kappa shape index (κ2) is 4.89. The quantitative estimate of drug-likeness (QED) is 0.610. The number of fused-ring (bicyclic) bond motifs is 4. The van der Waals surface area contributed by atoms with Crippen molar-refractivity contribution >= 4 is 28.3 Å². The van der Waals surface area contributed by atoms with Crippen LogP contribution in [-0.2, 0) is 11.3 Å². The summed E-state index contributed by atoms with van der Waals surface area (Å²) >= 11 is 6.03. The number of ether oxygens (including phenoxy) is 3. The molecule has 0 saturated heterocycles. The highest BCUT2D eigenvalue weighted by molar-refractivity contribution is 6.30. The van der Waals surface area contributed by atoms with E-state index in [1.807, 2.05) is 42.5 Å². The van der Waals surface area contributed by atoms with Crippen LogP contribution in [0.4, 0.5) is 0 Å². The van der Waals surface area contributed by atoms with E-state index in [1.54, 1.807) is 0 Å². The largest absolute Gasteiger partial charge is 0.457 e. The zero-order valence-corrected chi connectivity index (χ0v) is 13.2. The minimum Gasteiger partial charge on any atom is -0.457 e. The minimum absolute atomic E-state index is 0.195. The van der Waals surface area contributed by atoms with Crippen molar-refractivity contribution in [2.45, 2.75) is 6.61 Å². The van der Waals surface area contributed by atoms with Gasteiger partial charge in [-0.2, -0.15) is 0 Å². The van der Waals surface area contributed by atoms with Gasteiger partial charge in [0.1, 0.15) is 6.61 Å². The maximum atomic E-state index is 12.1. The molecular weight excluding hydrogens is 328 g/mol. The van der Waals surface area contributed by atoms with Gasteiger partial charge in [-0.3, -0.25) is 0 Å². The number of carbonyl (C=O) groups excluding carboxylic acids is 1. The first-order chi connectivity index (χ1) is 11.7. The highest BCUT2D eigenvalue weighted by Crippen LogP contribution is 2.47. The molecule has 0 aliphatic carbocycles. The Bertz CT molecular complexity index is 1010. The summed E-state index contributed by atoms with van der Waals surface area (Å²) in [5.74, 6) is 1.13. The molecule has 24 heavy (non-hydrogen) atoms. The summed E-state index contributed by atoms with van der Waals surface area (Å²) in [5.41, 5.74) is 3.38. The average molecular weight is 339 g/mol. The van der Waals surface area contributed by atoms with Crippen LogP contribution in [-0.4, -0.2) is 12.8 Å². The third-order valence-electron chi connectivity index (χ3n) is 4.45. The molecule has 3 aromatic rings. The molecule has 2 heterocycles. The first-order valence-electron chi connectivity index (χ1n) is 7.53. The van der Waals surface area contributed by atoms with Crippen LogP contribution < -0.4 is 9.47 Å². The zero-order chi connectivity index (χ0) is 16.3. The molecule has 0 radical (unpaired) electrons. The second-order valence-electron chi connectivity index (χ2n) is 5.76. The maximum Gasteiger partial charge on any atom is 0.338 e. The number of hydrogen-bond donors (Lipinski definition) is 0. The van der Waals surface area contributed by atoms with Crippen molar-refractivity contribution in [1.29, 1.82) is 0 Å². The number of cyclic esters (lactones) is 1. The Labute approximate surface area is 142 Å². The van der Waals surface area contributed by atoms with Gasteiger partial charge in [0.25, 0.3) is 0 Å². The fourth-order valence-electron chi connectivity index (χ4n) is 3.38. The van der Waals surface area contributed by atoms with Crippen molar-refractivity contribution < 1.29 is 19.0 Å². The highest BCUT2D eigenvalue weighted by Gasteiger charge is 2.29. The Hall–Kier alpha value is -2.72. The van der Waals surface area contributed by atoms with E-state index in [9.17, 15) is 4.79 Å². The van der Waals surface area contributed by atoms with Crippen molar-refractivity contribution in [2.75, 3.05) is 6.79 Å². The standard InChI is InChI=1S/C19H11ClO4/c20-12-4-1-10(2-5-12)16-14-8-22-19(21)13(14)7-11-3-6-15-18(17(11)16)24-9-23-15/h1-7H,8-9H2. The first kappa shape index (κ1) is 13.7. The van der Waals surface area contributed by atoms with Gasteiger partial charge in [0.15, 0.2) is 11.5 Å². The van der Waals surface area contributed by atoms with E-state index in [0.29, 0.717) is 22.1 Å². The van der Waals surface area contributed by atoms with Gasteiger partial charge >= 0.3 is 5.97 Å². The molecule has 0 fully saturated rings. The van der Waals surface area contributed by atoms with Gasteiger partial charge in [0, 0.05) is 21.5 Å². The van der Waals surface area contributed by atoms with Crippen LogP contribution in [0.3, 0.4) is 0 Å². The van der Waals surface area contributed by atoms with E-state index < -0.39 is 0 Å². The molecule has 3 aromatic carbocycles. The van der Waals surface area contributed by atoms with Gasteiger partial charge in [0.2, 0.25) is 6.79 Å². The van der Waals surface area contributed by atoms with E-state index in [4.69, 9.17) is 25.8 Å². The topological polar surface area (TPSA) is 44.8 Å². The minimum atomic E-state index is -0.292. The molecule has 0 spiro atoms. The molecule has 0 saturated carbocycles. The van der Waals surface area contributed by atoms with Crippen molar-refractivity contribution in [3.05, 3.63) is 58.6 Å². The smallest absolute Gasteiger partial charge is 0.338 e. The summed E-state index contributed by atoms with van der Waals surface area (Å²) in [6.45, 7) is 0.452. The Morgan fingerprint density at radius 1 is 0.958 bits per heavy atom. The van der Waals surface area contributed by atoms with E-state index in [1.165, 1.54) is 0 Å². The summed E-state index contributed by atoms with van der Waals surface area (Å²) in [4.78, 5) is 12.1. The fourth-order valence-corrected chi connectivity index (χ4v) is 3.50. The Kier molecular flexibility index (Phi) is 2.79. The lowest BCUT2D eigenvalue weighted by molar-refractivity contribution is 0.0535. The van der Waals surface area contributed by atoms with Gasteiger partial charge in [-0.15, -0.1) is 0 Å². The Morgan fingerprint density at radius 2 is 1.79 bits per heavy atom. The lowest BCUT2D eigenvalue weighted by Gasteiger charge is -2.13. The van der Waals surface area contributed by atoms with Crippen molar-refractivity contribution in [2.24, 2.45) is 0 Å². The molecule has 0 N–H and O–H groups in total. The van der Waals surface area contributed by atoms with Crippen LogP contribution in [0.15, 0.2) is 42.5 Å². The number of halogens is 1. The number of esters is 1. The first-order valence-corrected chi connectivity index (χ1v) is 7.91.